The summed E-state index contributed by atoms with van der Waals surface area (Å²) in [6.07, 6.45) is 7.50. The Kier molecular flexibility index (Phi) is 8.72. The zero-order valence-corrected chi connectivity index (χ0v) is 20.8. The third-order valence-electron chi connectivity index (χ3n) is 6.19. The number of allylic oxidation sites excluding steroid dienone is 1. The van der Waals surface area contributed by atoms with Gasteiger partial charge in [0.05, 0.1) is 0 Å². The Morgan fingerprint density at radius 3 is 2.77 bits per heavy atom. The van der Waals surface area contributed by atoms with Crippen LogP contribution >= 0.6 is 19.8 Å². The number of fused-ring (bicyclic) bond motifs is 1. The van der Waals surface area contributed by atoms with Crippen molar-refractivity contribution in [2.24, 2.45) is 11.1 Å². The number of hydrogen-bond donors (Lipinski definition) is 4. The van der Waals surface area contributed by atoms with E-state index in [-0.39, 0.29) is 17.6 Å². The quantitative estimate of drug-likeness (QED) is 0.108. The van der Waals surface area contributed by atoms with Crippen LogP contribution in [0, 0.1) is 5.41 Å². The summed E-state index contributed by atoms with van der Waals surface area (Å²) in [5.41, 5.74) is 16.5. The smallest absolute Gasteiger partial charge is 0.364 e. The summed E-state index contributed by atoms with van der Waals surface area (Å²) in [6, 6.07) is 6.24. The van der Waals surface area contributed by atoms with Gasteiger partial charge in [0.25, 0.3) is 0 Å². The van der Waals surface area contributed by atoms with Gasteiger partial charge in [0, 0.05) is 0 Å². The van der Waals surface area contributed by atoms with E-state index in [4.69, 9.17) is 15.2 Å². The van der Waals surface area contributed by atoms with Gasteiger partial charge in [-0.25, -0.2) is 0 Å². The van der Waals surface area contributed by atoms with Crippen molar-refractivity contribution < 1.29 is 14.6 Å². The van der Waals surface area contributed by atoms with Gasteiger partial charge in [-0.05, 0) is 0 Å². The molecule has 0 amide bonds. The molecular weight excluding hydrogens is 493 g/mol. The minimum Gasteiger partial charge on any atom is -0.364 e. The molecule has 4 atom stereocenters. The fraction of sp³-hybridized carbons (Fsp3) is 0.652. The second-order valence-corrected chi connectivity index (χ2v) is 15.0. The zero-order valence-electron chi connectivity index (χ0n) is 18.7. The molecule has 0 bridgehead atoms. The first-order valence-electron chi connectivity index (χ1n) is 10.8. The molecule has 6 nitrogen and oxygen atoms in total. The number of benzene rings is 1. The van der Waals surface area contributed by atoms with Crippen LogP contribution in [0.25, 0.3) is 0 Å². The van der Waals surface area contributed by atoms with Crippen molar-refractivity contribution in [2.45, 2.75) is 68.7 Å². The SMILES string of the molecule is CC/C=C/CC(NNC(N)C1(COC(C)I(C)C)CC1)c1ccc2c(c1)COC2O. The van der Waals surface area contributed by atoms with E-state index in [1.165, 1.54) is 0 Å². The average molecular weight is 531 g/mol. The second-order valence-electron chi connectivity index (χ2n) is 8.59. The number of nitrogens with one attached hydrogen (secondary N) is 2. The van der Waals surface area contributed by atoms with Crippen molar-refractivity contribution in [1.82, 2.24) is 10.9 Å². The monoisotopic (exact) mass is 531 g/mol. The molecular formula is C23H38IN3O3. The first-order valence-corrected chi connectivity index (χ1v) is 16.4. The first-order chi connectivity index (χ1) is 14.4. The van der Waals surface area contributed by atoms with Crippen LogP contribution in [0.15, 0.2) is 30.4 Å². The van der Waals surface area contributed by atoms with E-state index >= 15 is 0 Å². The first kappa shape index (κ1) is 24.1. The molecule has 7 heteroatoms. The van der Waals surface area contributed by atoms with E-state index in [9.17, 15) is 5.11 Å². The van der Waals surface area contributed by atoms with E-state index in [0.717, 1.165) is 49.0 Å². The molecule has 4 unspecified atom stereocenters. The molecule has 3 rings (SSSR count). The molecule has 0 spiro atoms. The van der Waals surface area contributed by atoms with Gasteiger partial charge in [0.2, 0.25) is 0 Å². The predicted molar refractivity (Wildman–Crippen MR) is 130 cm³/mol. The number of ether oxygens (including phenoxy) is 2. The Morgan fingerprint density at radius 2 is 2.10 bits per heavy atom. The Balaban J connectivity index is 1.62. The molecule has 170 valence electrons. The second kappa shape index (κ2) is 10.8. The molecule has 1 heterocycles. The Labute approximate surface area is 188 Å². The number of rotatable bonds is 12. The third kappa shape index (κ3) is 6.03. The Hall–Kier alpha value is -0.550. The van der Waals surface area contributed by atoms with E-state index in [0.29, 0.717) is 10.7 Å². The van der Waals surface area contributed by atoms with Crippen molar-refractivity contribution >= 4 is 19.8 Å². The number of halogens is 1. The van der Waals surface area contributed by atoms with Gasteiger partial charge in [-0.1, -0.05) is 6.92 Å². The Morgan fingerprint density at radius 1 is 1.33 bits per heavy atom. The number of hydrazine groups is 1. The van der Waals surface area contributed by atoms with Crippen LogP contribution in [-0.4, -0.2) is 31.9 Å². The van der Waals surface area contributed by atoms with Crippen molar-refractivity contribution in [3.05, 3.63) is 47.0 Å². The normalized spacial score (nSPS) is 23.3. The molecule has 1 aliphatic carbocycles. The molecule has 1 aromatic carbocycles. The van der Waals surface area contributed by atoms with E-state index in [1.54, 1.807) is 0 Å². The average Bonchev–Trinajstić information content (AvgIpc) is 3.45. The van der Waals surface area contributed by atoms with Gasteiger partial charge in [-0.2, -0.15) is 0 Å². The van der Waals surface area contributed by atoms with Crippen LogP contribution in [-0.2, 0) is 16.1 Å². The minimum atomic E-state index is -0.960. The minimum absolute atomic E-state index is 0.0348. The van der Waals surface area contributed by atoms with Crippen LogP contribution in [0.5, 0.6) is 0 Å². The molecule has 1 aromatic rings. The summed E-state index contributed by atoms with van der Waals surface area (Å²) in [6.45, 7) is 5.52. The van der Waals surface area contributed by atoms with Crippen molar-refractivity contribution in [3.8, 4) is 0 Å². The summed E-state index contributed by atoms with van der Waals surface area (Å²) in [5.74, 6) is 0. The van der Waals surface area contributed by atoms with Crippen LogP contribution in [0.3, 0.4) is 0 Å². The van der Waals surface area contributed by atoms with Gasteiger partial charge >= 0.3 is 166 Å². The van der Waals surface area contributed by atoms with Crippen molar-refractivity contribution in [1.29, 1.82) is 0 Å². The summed E-state index contributed by atoms with van der Waals surface area (Å²) >= 11 is -0.960. The number of aliphatic hydroxyl groups excluding tert-OH is 1. The molecule has 1 fully saturated rings. The van der Waals surface area contributed by atoms with Crippen LogP contribution in [0.4, 0.5) is 0 Å². The third-order valence-corrected chi connectivity index (χ3v) is 10.1. The van der Waals surface area contributed by atoms with Crippen molar-refractivity contribution in [3.63, 3.8) is 0 Å². The van der Waals surface area contributed by atoms with Crippen LogP contribution < -0.4 is 16.6 Å². The molecule has 5 N–H and O–H groups in total. The standard InChI is InChI=1S/C23H38IN3O3/c1-5-6-7-8-20(17-9-10-19-18(13-17)14-29-21(19)28)26-27-22(25)23(11-12-23)15-30-16(2)24(3)4/h6-7,9-10,13,16,20-22,26-28H,5,8,11-12,14-15,25H2,1-4H3/b7-6+. The van der Waals surface area contributed by atoms with Gasteiger partial charge in [-0.15, -0.1) is 0 Å². The van der Waals surface area contributed by atoms with Crippen LogP contribution in [0.1, 0.15) is 68.6 Å². The van der Waals surface area contributed by atoms with Crippen molar-refractivity contribution in [2.75, 3.05) is 16.5 Å². The fourth-order valence-corrected chi connectivity index (χ4v) is 4.50. The number of hydrogen-bond acceptors (Lipinski definition) is 6. The molecule has 0 radical (unpaired) electrons. The molecule has 1 aliphatic heterocycles. The van der Waals surface area contributed by atoms with Crippen LogP contribution in [0.2, 0.25) is 0 Å². The molecule has 1 saturated carbocycles. The molecule has 0 aromatic heterocycles. The van der Waals surface area contributed by atoms with Gasteiger partial charge in [0.1, 0.15) is 0 Å². The van der Waals surface area contributed by atoms with E-state index in [1.807, 2.05) is 6.07 Å². The number of alkyl halides is 3. The van der Waals surface area contributed by atoms with Gasteiger partial charge in [-0.3, -0.25) is 0 Å². The zero-order chi connectivity index (χ0) is 21.7. The molecule has 30 heavy (non-hydrogen) atoms. The summed E-state index contributed by atoms with van der Waals surface area (Å²) < 4.78 is 11.9. The van der Waals surface area contributed by atoms with E-state index in [2.05, 4.69) is 58.8 Å². The predicted octanol–water partition coefficient (Wildman–Crippen LogP) is 3.89. The summed E-state index contributed by atoms with van der Waals surface area (Å²) in [7, 11) is 0. The Bertz CT molecular complexity index is 724. The summed E-state index contributed by atoms with van der Waals surface area (Å²) in [5, 5.41) is 9.89. The van der Waals surface area contributed by atoms with E-state index < -0.39 is 26.1 Å². The van der Waals surface area contributed by atoms with Gasteiger partial charge < -0.3 is 9.84 Å². The number of aliphatic hydroxyl groups is 1. The molecule has 0 saturated heterocycles. The summed E-state index contributed by atoms with van der Waals surface area (Å²) in [4.78, 5) is 4.67. The fourth-order valence-electron chi connectivity index (χ4n) is 3.60. The maximum absolute atomic E-state index is 9.89. The topological polar surface area (TPSA) is 88.8 Å². The maximum atomic E-state index is 9.89. The van der Waals surface area contributed by atoms with Gasteiger partial charge in [0.15, 0.2) is 6.29 Å². The molecule has 2 aliphatic rings. The number of nitrogens with two attached hydrogens (primary N) is 1.